The number of anilines is 2. The van der Waals surface area contributed by atoms with E-state index in [1.165, 1.54) is 12.1 Å². The van der Waals surface area contributed by atoms with Crippen molar-refractivity contribution in [3.63, 3.8) is 0 Å². The number of nitrogen functional groups attached to an aromatic ring is 1. The molecule has 1 aromatic heterocycles. The highest BCUT2D eigenvalue weighted by Crippen LogP contribution is 2.27. The van der Waals surface area contributed by atoms with Crippen molar-refractivity contribution < 1.29 is 14.9 Å². The van der Waals surface area contributed by atoms with E-state index >= 15 is 0 Å². The number of benzene rings is 2. The molecule has 3 rings (SSSR count). The Morgan fingerprint density at radius 1 is 1.04 bits per heavy atom. The van der Waals surface area contributed by atoms with E-state index in [0.717, 1.165) is 5.56 Å². The predicted molar refractivity (Wildman–Crippen MR) is 85.6 cm³/mol. The summed E-state index contributed by atoms with van der Waals surface area (Å²) in [6.07, 6.45) is 3.56. The maximum Gasteiger partial charge on any atom is 0.250 e. The largest absolute Gasteiger partial charge is 0.397 e. The molecule has 3 aromatic rings. The molecule has 0 radical (unpaired) electrons. The third kappa shape index (κ3) is 3.37. The molecule has 0 spiro atoms. The summed E-state index contributed by atoms with van der Waals surface area (Å²) in [5.74, 6) is 0.660. The quantitative estimate of drug-likeness (QED) is 0.502. The monoisotopic (exact) mass is 310 g/mol. The van der Waals surface area contributed by atoms with Crippen LogP contribution in [0.1, 0.15) is 11.5 Å². The average molecular weight is 310 g/mol. The van der Waals surface area contributed by atoms with Crippen molar-refractivity contribution in [1.29, 1.82) is 0 Å². The zero-order valence-corrected chi connectivity index (χ0v) is 12.0. The molecule has 1 heterocycles. The minimum Gasteiger partial charge on any atom is -0.397 e. The molecule has 23 heavy (non-hydrogen) atoms. The number of nitrogens with two attached hydrogens (primary N) is 1. The molecule has 0 aliphatic rings. The first-order chi connectivity index (χ1) is 11.1. The Balaban J connectivity index is 1.85. The smallest absolute Gasteiger partial charge is 0.250 e. The molecule has 0 aliphatic heterocycles. The fourth-order valence-electron chi connectivity index (χ4n) is 2.01. The van der Waals surface area contributed by atoms with Gasteiger partial charge in [-0.15, -0.1) is 5.23 Å². The zero-order valence-electron chi connectivity index (χ0n) is 12.0. The van der Waals surface area contributed by atoms with E-state index in [4.69, 9.17) is 20.7 Å². The van der Waals surface area contributed by atoms with Crippen LogP contribution in [0.25, 0.3) is 23.5 Å². The standard InChI is InChI=1S/C16H14N4O3/c17-13-8-7-12(10-14(13)20(21)22)16-18-15(23-19-16)9-6-11-4-2-1-3-5-11/h1-10,21-22H,17H2/b9-6+. The van der Waals surface area contributed by atoms with Crippen molar-refractivity contribution in [1.82, 2.24) is 10.1 Å². The summed E-state index contributed by atoms with van der Waals surface area (Å²) in [4.78, 5) is 4.24. The summed E-state index contributed by atoms with van der Waals surface area (Å²) in [7, 11) is 0. The summed E-state index contributed by atoms with van der Waals surface area (Å²) in [6.45, 7) is 0. The van der Waals surface area contributed by atoms with Crippen molar-refractivity contribution in [3.05, 3.63) is 60.0 Å². The minimum atomic E-state index is -0.0465. The molecule has 2 aromatic carbocycles. The highest BCUT2D eigenvalue weighted by atomic mass is 16.8. The molecule has 0 aliphatic carbocycles. The van der Waals surface area contributed by atoms with Gasteiger partial charge in [0.15, 0.2) is 0 Å². The van der Waals surface area contributed by atoms with Crippen molar-refractivity contribution in [2.45, 2.75) is 0 Å². The molecular weight excluding hydrogens is 296 g/mol. The number of aromatic nitrogens is 2. The normalized spacial score (nSPS) is 11.0. The Morgan fingerprint density at radius 3 is 2.57 bits per heavy atom. The van der Waals surface area contributed by atoms with Gasteiger partial charge in [-0.1, -0.05) is 35.5 Å². The third-order valence-corrected chi connectivity index (χ3v) is 3.16. The van der Waals surface area contributed by atoms with E-state index < -0.39 is 0 Å². The lowest BCUT2D eigenvalue weighted by molar-refractivity contribution is 0.0296. The zero-order chi connectivity index (χ0) is 16.2. The molecule has 0 amide bonds. The van der Waals surface area contributed by atoms with E-state index in [0.29, 0.717) is 17.3 Å². The summed E-state index contributed by atoms with van der Waals surface area (Å²) in [5, 5.41) is 22.1. The van der Waals surface area contributed by atoms with E-state index in [9.17, 15) is 0 Å². The lowest BCUT2D eigenvalue weighted by atomic mass is 10.1. The van der Waals surface area contributed by atoms with Crippen molar-refractivity contribution in [2.24, 2.45) is 0 Å². The summed E-state index contributed by atoms with van der Waals surface area (Å²) < 4.78 is 5.15. The lowest BCUT2D eigenvalue weighted by Crippen LogP contribution is -2.13. The molecule has 7 nitrogen and oxygen atoms in total. The topological polar surface area (TPSA) is 109 Å². The van der Waals surface area contributed by atoms with Gasteiger partial charge in [0.1, 0.15) is 5.69 Å². The molecular formula is C16H14N4O3. The first-order valence-electron chi connectivity index (χ1n) is 6.78. The van der Waals surface area contributed by atoms with Gasteiger partial charge in [0.25, 0.3) is 5.89 Å². The van der Waals surface area contributed by atoms with Crippen LogP contribution in [-0.2, 0) is 0 Å². The predicted octanol–water partition coefficient (Wildman–Crippen LogP) is 3.07. The fraction of sp³-hybridized carbons (Fsp3) is 0. The van der Waals surface area contributed by atoms with Crippen LogP contribution in [0.4, 0.5) is 11.4 Å². The molecule has 0 unspecified atom stereocenters. The first-order valence-corrected chi connectivity index (χ1v) is 6.78. The SMILES string of the molecule is Nc1ccc(-c2noc(/C=C/c3ccccc3)n2)cc1N(O)O. The molecule has 0 bridgehead atoms. The van der Waals surface area contributed by atoms with Gasteiger partial charge in [-0.05, 0) is 29.8 Å². The van der Waals surface area contributed by atoms with Gasteiger partial charge in [0.05, 0.1) is 5.69 Å². The van der Waals surface area contributed by atoms with Crippen LogP contribution in [0, 0.1) is 0 Å². The van der Waals surface area contributed by atoms with E-state index in [-0.39, 0.29) is 16.6 Å². The maximum absolute atomic E-state index is 9.12. The summed E-state index contributed by atoms with van der Waals surface area (Å²) in [5.41, 5.74) is 7.46. The lowest BCUT2D eigenvalue weighted by Gasteiger charge is -2.11. The average Bonchev–Trinajstić information content (AvgIpc) is 3.03. The second-order valence-electron chi connectivity index (χ2n) is 4.76. The fourth-order valence-corrected chi connectivity index (χ4v) is 2.01. The van der Waals surface area contributed by atoms with Gasteiger partial charge in [0, 0.05) is 11.6 Å². The Kier molecular flexibility index (Phi) is 4.05. The van der Waals surface area contributed by atoms with Gasteiger partial charge in [0.2, 0.25) is 5.82 Å². The van der Waals surface area contributed by atoms with Crippen LogP contribution in [0.15, 0.2) is 53.1 Å². The van der Waals surface area contributed by atoms with Gasteiger partial charge in [-0.2, -0.15) is 4.98 Å². The van der Waals surface area contributed by atoms with Crippen LogP contribution in [0.2, 0.25) is 0 Å². The van der Waals surface area contributed by atoms with Gasteiger partial charge in [-0.3, -0.25) is 10.4 Å². The highest BCUT2D eigenvalue weighted by Gasteiger charge is 2.11. The molecule has 116 valence electrons. The molecule has 0 saturated carbocycles. The summed E-state index contributed by atoms with van der Waals surface area (Å²) >= 11 is 0. The number of hydrogen-bond acceptors (Lipinski definition) is 7. The second-order valence-corrected chi connectivity index (χ2v) is 4.76. The van der Waals surface area contributed by atoms with Gasteiger partial charge in [-0.25, -0.2) is 0 Å². The van der Waals surface area contributed by atoms with E-state index in [1.54, 1.807) is 12.1 Å². The minimum absolute atomic E-state index is 0.0358. The van der Waals surface area contributed by atoms with Crippen molar-refractivity contribution in [2.75, 3.05) is 11.0 Å². The number of nitrogens with zero attached hydrogens (tertiary/aromatic N) is 3. The summed E-state index contributed by atoms with van der Waals surface area (Å²) in [6, 6.07) is 14.4. The Bertz CT molecular complexity index is 828. The first kappa shape index (κ1) is 14.8. The molecule has 0 atom stereocenters. The second kappa shape index (κ2) is 6.30. The van der Waals surface area contributed by atoms with E-state index in [2.05, 4.69) is 10.1 Å². The molecule has 0 saturated heterocycles. The molecule has 4 N–H and O–H groups in total. The van der Waals surface area contributed by atoms with Crippen LogP contribution in [-0.4, -0.2) is 20.6 Å². The maximum atomic E-state index is 9.12. The van der Waals surface area contributed by atoms with Crippen molar-refractivity contribution >= 4 is 23.5 Å². The van der Waals surface area contributed by atoms with Crippen molar-refractivity contribution in [3.8, 4) is 11.4 Å². The number of rotatable bonds is 4. The van der Waals surface area contributed by atoms with Crippen LogP contribution >= 0.6 is 0 Å². The van der Waals surface area contributed by atoms with Crippen LogP contribution in [0.3, 0.4) is 0 Å². The van der Waals surface area contributed by atoms with Crippen LogP contribution < -0.4 is 11.0 Å². The number of hydrogen-bond donors (Lipinski definition) is 3. The molecule has 7 heteroatoms. The Labute approximate surface area is 131 Å². The van der Waals surface area contributed by atoms with Gasteiger partial charge < -0.3 is 10.3 Å². The van der Waals surface area contributed by atoms with E-state index in [1.807, 2.05) is 36.4 Å². The van der Waals surface area contributed by atoms with Gasteiger partial charge >= 0.3 is 0 Å². The Morgan fingerprint density at radius 2 is 1.83 bits per heavy atom. The highest BCUT2D eigenvalue weighted by molar-refractivity contribution is 5.73. The Hall–Kier alpha value is -3.16. The molecule has 0 fully saturated rings. The third-order valence-electron chi connectivity index (χ3n) is 3.16. The van der Waals surface area contributed by atoms with Crippen LogP contribution in [0.5, 0.6) is 0 Å².